The average Bonchev–Trinajstić information content (AvgIpc) is 3.31. The summed E-state index contributed by atoms with van der Waals surface area (Å²) in [5.41, 5.74) is 0.242. The molecule has 1 aliphatic heterocycles. The van der Waals surface area contributed by atoms with Crippen molar-refractivity contribution in [3.8, 4) is 0 Å². The highest BCUT2D eigenvalue weighted by atomic mass is 16.7. The summed E-state index contributed by atoms with van der Waals surface area (Å²) in [5.74, 6) is 0.465. The van der Waals surface area contributed by atoms with Gasteiger partial charge in [-0.2, -0.15) is 0 Å². The normalized spacial score (nSPS) is 33.3. The third kappa shape index (κ3) is 4.02. The first-order valence-corrected chi connectivity index (χ1v) is 9.07. The van der Waals surface area contributed by atoms with Crippen LogP contribution in [0.1, 0.15) is 59.3 Å². The first kappa shape index (κ1) is 18.2. The molecule has 1 saturated carbocycles. The molecule has 0 aromatic carbocycles. The molecule has 1 heterocycles. The number of methoxy groups -OCH3 is 1. The molecule has 130 valence electrons. The molecule has 2 rings (SSSR count). The monoisotopic (exact) mass is 314 g/mol. The van der Waals surface area contributed by atoms with E-state index in [-0.39, 0.29) is 23.9 Å². The molecule has 4 atom stereocenters. The second kappa shape index (κ2) is 8.62. The number of hydrogen-bond acceptors (Lipinski definition) is 4. The zero-order chi connectivity index (χ0) is 16.0. The van der Waals surface area contributed by atoms with Crippen molar-refractivity contribution in [2.24, 2.45) is 11.3 Å². The molecule has 4 nitrogen and oxygen atoms in total. The fraction of sp³-hybridized carbons (Fsp3) is 1.00. The average molecular weight is 314 g/mol. The van der Waals surface area contributed by atoms with E-state index < -0.39 is 0 Å². The lowest BCUT2D eigenvalue weighted by molar-refractivity contribution is -0.288. The lowest BCUT2D eigenvalue weighted by Gasteiger charge is -2.46. The van der Waals surface area contributed by atoms with Gasteiger partial charge in [0.25, 0.3) is 0 Å². The van der Waals surface area contributed by atoms with Crippen LogP contribution >= 0.6 is 0 Å². The Labute approximate surface area is 135 Å². The highest BCUT2D eigenvalue weighted by molar-refractivity contribution is 5.08. The molecule has 22 heavy (non-hydrogen) atoms. The molecule has 0 aromatic rings. The Morgan fingerprint density at radius 3 is 2.36 bits per heavy atom. The first-order valence-electron chi connectivity index (χ1n) is 9.07. The van der Waals surface area contributed by atoms with E-state index in [1.54, 1.807) is 7.11 Å². The van der Waals surface area contributed by atoms with Gasteiger partial charge < -0.3 is 18.9 Å². The number of unbranched alkanes of at least 4 members (excludes halogenated alkanes) is 2. The molecule has 1 saturated heterocycles. The highest BCUT2D eigenvalue weighted by Gasteiger charge is 2.62. The van der Waals surface area contributed by atoms with Gasteiger partial charge in [-0.25, -0.2) is 0 Å². The van der Waals surface area contributed by atoms with E-state index in [2.05, 4.69) is 20.8 Å². The Hall–Kier alpha value is -0.160. The van der Waals surface area contributed by atoms with Gasteiger partial charge >= 0.3 is 0 Å². The predicted octanol–water partition coefficient (Wildman–Crippen LogP) is 3.78. The Bertz CT molecular complexity index is 316. The fourth-order valence-electron chi connectivity index (χ4n) is 3.55. The van der Waals surface area contributed by atoms with Gasteiger partial charge in [0.2, 0.25) is 0 Å². The van der Waals surface area contributed by atoms with Gasteiger partial charge in [-0.1, -0.05) is 33.6 Å². The van der Waals surface area contributed by atoms with Crippen LogP contribution in [0.5, 0.6) is 0 Å². The lowest BCUT2D eigenvalue weighted by atomic mass is 9.79. The van der Waals surface area contributed by atoms with Crippen molar-refractivity contribution < 1.29 is 18.9 Å². The van der Waals surface area contributed by atoms with Gasteiger partial charge in [-0.15, -0.1) is 0 Å². The van der Waals surface area contributed by atoms with Crippen molar-refractivity contribution in [2.45, 2.75) is 77.8 Å². The van der Waals surface area contributed by atoms with Crippen LogP contribution < -0.4 is 0 Å². The van der Waals surface area contributed by atoms with E-state index in [9.17, 15) is 0 Å². The SMILES string of the molecule is CCCCOCC1O[C@H](OC)[C@H](OCCCC)C2(CC2)[C@@H]1C. The summed E-state index contributed by atoms with van der Waals surface area (Å²) in [4.78, 5) is 0. The van der Waals surface area contributed by atoms with Crippen LogP contribution in [0.3, 0.4) is 0 Å². The second-order valence-electron chi connectivity index (χ2n) is 6.87. The Balaban J connectivity index is 1.93. The first-order chi connectivity index (χ1) is 10.7. The van der Waals surface area contributed by atoms with Crippen LogP contribution in [0.15, 0.2) is 0 Å². The van der Waals surface area contributed by atoms with Gasteiger partial charge in [0.1, 0.15) is 6.10 Å². The molecule has 1 spiro atoms. The zero-order valence-corrected chi connectivity index (χ0v) is 14.8. The molecule has 0 N–H and O–H groups in total. The maximum Gasteiger partial charge on any atom is 0.184 e. The van der Waals surface area contributed by atoms with Crippen molar-refractivity contribution >= 4 is 0 Å². The smallest absolute Gasteiger partial charge is 0.184 e. The quantitative estimate of drug-likeness (QED) is 0.575. The van der Waals surface area contributed by atoms with Gasteiger partial charge in [0.05, 0.1) is 12.7 Å². The van der Waals surface area contributed by atoms with Crippen molar-refractivity contribution in [1.29, 1.82) is 0 Å². The van der Waals surface area contributed by atoms with Crippen molar-refractivity contribution in [3.05, 3.63) is 0 Å². The minimum Gasteiger partial charge on any atom is -0.379 e. The predicted molar refractivity (Wildman–Crippen MR) is 86.9 cm³/mol. The molecular weight excluding hydrogens is 280 g/mol. The van der Waals surface area contributed by atoms with Gasteiger partial charge in [0, 0.05) is 25.7 Å². The van der Waals surface area contributed by atoms with E-state index >= 15 is 0 Å². The summed E-state index contributed by atoms with van der Waals surface area (Å²) in [5, 5.41) is 0. The standard InChI is InChI=1S/C18H34O4/c1-5-7-11-20-13-15-14(3)18(9-10-18)16(17(19-4)22-15)21-12-8-6-2/h14-17H,5-13H2,1-4H3/t14-,15?,16+,17+/m1/s1. The maximum absolute atomic E-state index is 6.18. The summed E-state index contributed by atoms with van der Waals surface area (Å²) in [7, 11) is 1.72. The summed E-state index contributed by atoms with van der Waals surface area (Å²) in [6.07, 6.45) is 6.92. The molecule has 1 unspecified atom stereocenters. The van der Waals surface area contributed by atoms with Crippen LogP contribution in [-0.4, -0.2) is 45.4 Å². The van der Waals surface area contributed by atoms with Crippen LogP contribution in [0.25, 0.3) is 0 Å². The van der Waals surface area contributed by atoms with Gasteiger partial charge in [-0.3, -0.25) is 0 Å². The number of ether oxygens (including phenoxy) is 4. The molecular formula is C18H34O4. The number of hydrogen-bond donors (Lipinski definition) is 0. The van der Waals surface area contributed by atoms with Crippen molar-refractivity contribution in [2.75, 3.05) is 26.9 Å². The van der Waals surface area contributed by atoms with E-state index in [1.165, 1.54) is 19.3 Å². The Morgan fingerprint density at radius 1 is 1.09 bits per heavy atom. The van der Waals surface area contributed by atoms with Crippen molar-refractivity contribution in [1.82, 2.24) is 0 Å². The molecule has 2 fully saturated rings. The van der Waals surface area contributed by atoms with Gasteiger partial charge in [-0.05, 0) is 31.6 Å². The van der Waals surface area contributed by atoms with Crippen LogP contribution in [0, 0.1) is 11.3 Å². The lowest BCUT2D eigenvalue weighted by Crippen LogP contribution is -2.54. The zero-order valence-electron chi connectivity index (χ0n) is 14.8. The molecule has 0 radical (unpaired) electrons. The molecule has 0 bridgehead atoms. The minimum atomic E-state index is -0.254. The van der Waals surface area contributed by atoms with Crippen LogP contribution in [-0.2, 0) is 18.9 Å². The maximum atomic E-state index is 6.18. The minimum absolute atomic E-state index is 0.0749. The molecule has 2 aliphatic rings. The highest BCUT2D eigenvalue weighted by Crippen LogP contribution is 2.60. The third-order valence-corrected chi connectivity index (χ3v) is 5.37. The fourth-order valence-corrected chi connectivity index (χ4v) is 3.55. The van der Waals surface area contributed by atoms with Crippen molar-refractivity contribution in [3.63, 3.8) is 0 Å². The molecule has 0 aromatic heterocycles. The van der Waals surface area contributed by atoms with E-state index in [0.29, 0.717) is 12.5 Å². The largest absolute Gasteiger partial charge is 0.379 e. The van der Waals surface area contributed by atoms with Crippen LogP contribution in [0.4, 0.5) is 0 Å². The number of rotatable bonds is 10. The summed E-state index contributed by atoms with van der Waals surface area (Å²) in [6, 6.07) is 0. The topological polar surface area (TPSA) is 36.9 Å². The Kier molecular flexibility index (Phi) is 7.13. The summed E-state index contributed by atoms with van der Waals surface area (Å²) in [6.45, 7) is 8.96. The second-order valence-corrected chi connectivity index (χ2v) is 6.87. The summed E-state index contributed by atoms with van der Waals surface area (Å²) < 4.78 is 23.8. The van der Waals surface area contributed by atoms with E-state index in [0.717, 1.165) is 32.5 Å². The molecule has 4 heteroatoms. The Morgan fingerprint density at radius 2 is 1.77 bits per heavy atom. The molecule has 0 amide bonds. The van der Waals surface area contributed by atoms with E-state index in [1.807, 2.05) is 0 Å². The third-order valence-electron chi connectivity index (χ3n) is 5.37. The van der Waals surface area contributed by atoms with E-state index in [4.69, 9.17) is 18.9 Å². The molecule has 1 aliphatic carbocycles. The summed E-state index contributed by atoms with van der Waals surface area (Å²) >= 11 is 0. The van der Waals surface area contributed by atoms with Gasteiger partial charge in [0.15, 0.2) is 6.29 Å². The van der Waals surface area contributed by atoms with Crippen LogP contribution in [0.2, 0.25) is 0 Å².